The summed E-state index contributed by atoms with van der Waals surface area (Å²) in [6.45, 7) is 6.83. The van der Waals surface area contributed by atoms with Crippen LogP contribution in [0.1, 0.15) is 30.0 Å². The van der Waals surface area contributed by atoms with Gasteiger partial charge in [-0.1, -0.05) is 25.1 Å². The zero-order chi connectivity index (χ0) is 18.0. The van der Waals surface area contributed by atoms with Gasteiger partial charge in [-0.2, -0.15) is 0 Å². The largest absolute Gasteiger partial charge is 0.353 e. The van der Waals surface area contributed by atoms with Gasteiger partial charge in [0.2, 0.25) is 11.8 Å². The Balaban J connectivity index is 1.61. The van der Waals surface area contributed by atoms with Crippen molar-refractivity contribution in [2.24, 2.45) is 0 Å². The lowest BCUT2D eigenvalue weighted by Crippen LogP contribution is -2.56. The van der Waals surface area contributed by atoms with Crippen LogP contribution in [0.25, 0.3) is 0 Å². The zero-order valence-corrected chi connectivity index (χ0v) is 15.4. The van der Waals surface area contributed by atoms with Crippen LogP contribution >= 0.6 is 0 Å². The highest BCUT2D eigenvalue weighted by molar-refractivity contribution is 5.88. The molecule has 0 aliphatic carbocycles. The van der Waals surface area contributed by atoms with Crippen LogP contribution in [0.2, 0.25) is 0 Å². The Morgan fingerprint density at radius 3 is 2.84 bits per heavy atom. The Bertz CT molecular complexity index is 661. The molecule has 0 spiro atoms. The van der Waals surface area contributed by atoms with Crippen molar-refractivity contribution in [1.29, 1.82) is 0 Å². The van der Waals surface area contributed by atoms with Gasteiger partial charge in [0.15, 0.2) is 0 Å². The molecule has 0 radical (unpaired) electrons. The summed E-state index contributed by atoms with van der Waals surface area (Å²) in [5.74, 6) is -0.0199. The summed E-state index contributed by atoms with van der Waals surface area (Å²) in [7, 11) is 3.93. The van der Waals surface area contributed by atoms with Crippen molar-refractivity contribution in [1.82, 2.24) is 20.0 Å². The molecular weight excluding hydrogens is 316 g/mol. The minimum absolute atomic E-state index is 0.0121. The Morgan fingerprint density at radius 1 is 1.32 bits per heavy atom. The first-order valence-corrected chi connectivity index (χ1v) is 9.03. The summed E-state index contributed by atoms with van der Waals surface area (Å²) in [5.41, 5.74) is 3.87. The van der Waals surface area contributed by atoms with E-state index in [1.54, 1.807) is 4.90 Å². The maximum Gasteiger partial charge on any atom is 0.237 e. The standard InChI is InChI=1S/C19H28N4O2/c1-4-23-8-7-20-19(25)17(23)10-18(24)22(3)11-14-5-6-15-12-21(2)13-16(15)9-14/h5-6,9,17H,4,7-8,10-13H2,1-3H3,(H,20,25)/t17-/m0/s1. The number of fused-ring (bicyclic) bond motifs is 1. The Morgan fingerprint density at radius 2 is 2.08 bits per heavy atom. The number of carbonyl (C=O) groups is 2. The minimum Gasteiger partial charge on any atom is -0.353 e. The lowest BCUT2D eigenvalue weighted by Gasteiger charge is -2.34. The van der Waals surface area contributed by atoms with E-state index in [1.807, 2.05) is 14.0 Å². The topological polar surface area (TPSA) is 55.9 Å². The van der Waals surface area contributed by atoms with Crippen LogP contribution in [0.4, 0.5) is 0 Å². The molecule has 0 aromatic heterocycles. The van der Waals surface area contributed by atoms with Gasteiger partial charge in [-0.3, -0.25) is 19.4 Å². The van der Waals surface area contributed by atoms with Gasteiger partial charge in [0.25, 0.3) is 0 Å². The highest BCUT2D eigenvalue weighted by Crippen LogP contribution is 2.23. The molecule has 1 atom stereocenters. The van der Waals surface area contributed by atoms with E-state index >= 15 is 0 Å². The molecule has 0 saturated carbocycles. The summed E-state index contributed by atoms with van der Waals surface area (Å²) >= 11 is 0. The molecule has 25 heavy (non-hydrogen) atoms. The molecule has 1 aromatic rings. The van der Waals surface area contributed by atoms with Crippen LogP contribution in [0.5, 0.6) is 0 Å². The monoisotopic (exact) mass is 344 g/mol. The molecule has 2 heterocycles. The number of rotatable bonds is 5. The second kappa shape index (κ2) is 7.54. The molecule has 1 saturated heterocycles. The number of carbonyl (C=O) groups excluding carboxylic acids is 2. The third-order valence-corrected chi connectivity index (χ3v) is 5.21. The predicted octanol–water partition coefficient (Wildman–Crippen LogP) is 0.801. The van der Waals surface area contributed by atoms with Crippen molar-refractivity contribution < 1.29 is 9.59 Å². The lowest BCUT2D eigenvalue weighted by molar-refractivity contribution is -0.138. The van der Waals surface area contributed by atoms with Gasteiger partial charge in [-0.15, -0.1) is 0 Å². The average Bonchev–Trinajstić information content (AvgIpc) is 2.95. The fourth-order valence-electron chi connectivity index (χ4n) is 3.76. The highest BCUT2D eigenvalue weighted by atomic mass is 16.2. The number of likely N-dealkylation sites (N-methyl/N-ethyl adjacent to an activating group) is 1. The molecule has 1 aromatic carbocycles. The van der Waals surface area contributed by atoms with Crippen LogP contribution < -0.4 is 5.32 Å². The third kappa shape index (κ3) is 4.02. The Hall–Kier alpha value is -1.92. The molecule has 0 unspecified atom stereocenters. The van der Waals surface area contributed by atoms with Crippen molar-refractivity contribution in [3.8, 4) is 0 Å². The molecule has 2 amide bonds. The first-order valence-electron chi connectivity index (χ1n) is 9.03. The summed E-state index contributed by atoms with van der Waals surface area (Å²) in [6, 6.07) is 6.13. The number of benzene rings is 1. The van der Waals surface area contributed by atoms with E-state index in [1.165, 1.54) is 11.1 Å². The Kier molecular flexibility index (Phi) is 5.39. The molecule has 1 N–H and O–H groups in total. The second-order valence-electron chi connectivity index (χ2n) is 7.16. The number of hydrogen-bond donors (Lipinski definition) is 1. The van der Waals surface area contributed by atoms with E-state index in [0.29, 0.717) is 13.1 Å². The number of nitrogens with one attached hydrogen (secondary N) is 1. The van der Waals surface area contributed by atoms with E-state index in [0.717, 1.165) is 31.7 Å². The molecule has 2 aliphatic heterocycles. The van der Waals surface area contributed by atoms with Crippen LogP contribution in [0.15, 0.2) is 18.2 Å². The van der Waals surface area contributed by atoms with Crippen molar-refractivity contribution in [2.75, 3.05) is 33.7 Å². The van der Waals surface area contributed by atoms with Gasteiger partial charge in [0, 0.05) is 39.8 Å². The molecule has 0 bridgehead atoms. The molecule has 6 heteroatoms. The summed E-state index contributed by atoms with van der Waals surface area (Å²) in [5, 5.41) is 2.87. The molecule has 1 fully saturated rings. The molecule has 136 valence electrons. The van der Waals surface area contributed by atoms with Crippen LogP contribution in [0, 0.1) is 0 Å². The van der Waals surface area contributed by atoms with Crippen molar-refractivity contribution in [3.63, 3.8) is 0 Å². The van der Waals surface area contributed by atoms with Crippen molar-refractivity contribution >= 4 is 11.8 Å². The SMILES string of the molecule is CCN1CCNC(=O)[C@@H]1CC(=O)N(C)Cc1ccc2c(c1)CN(C)C2. The van der Waals surface area contributed by atoms with E-state index in [9.17, 15) is 9.59 Å². The normalized spacial score (nSPS) is 21.1. The van der Waals surface area contributed by atoms with Gasteiger partial charge in [0.1, 0.15) is 0 Å². The van der Waals surface area contributed by atoms with E-state index in [2.05, 4.69) is 40.4 Å². The van der Waals surface area contributed by atoms with Crippen molar-refractivity contribution in [2.45, 2.75) is 39.0 Å². The van der Waals surface area contributed by atoms with Gasteiger partial charge >= 0.3 is 0 Å². The van der Waals surface area contributed by atoms with E-state index in [4.69, 9.17) is 0 Å². The van der Waals surface area contributed by atoms with Crippen LogP contribution in [-0.2, 0) is 29.2 Å². The third-order valence-electron chi connectivity index (χ3n) is 5.21. The van der Waals surface area contributed by atoms with Gasteiger partial charge < -0.3 is 10.2 Å². The summed E-state index contributed by atoms with van der Waals surface area (Å²) < 4.78 is 0. The fraction of sp³-hybridized carbons (Fsp3) is 0.579. The molecular formula is C19H28N4O2. The average molecular weight is 344 g/mol. The molecule has 6 nitrogen and oxygen atoms in total. The van der Waals surface area contributed by atoms with Gasteiger partial charge in [-0.05, 0) is 30.3 Å². The maximum atomic E-state index is 12.6. The Labute approximate surface area is 149 Å². The number of hydrogen-bond acceptors (Lipinski definition) is 4. The van der Waals surface area contributed by atoms with Crippen molar-refractivity contribution in [3.05, 3.63) is 34.9 Å². The predicted molar refractivity (Wildman–Crippen MR) is 96.7 cm³/mol. The maximum absolute atomic E-state index is 12.6. The van der Waals surface area contributed by atoms with Crippen LogP contribution in [0.3, 0.4) is 0 Å². The smallest absolute Gasteiger partial charge is 0.237 e. The second-order valence-corrected chi connectivity index (χ2v) is 7.16. The minimum atomic E-state index is -0.345. The summed E-state index contributed by atoms with van der Waals surface area (Å²) in [4.78, 5) is 30.8. The lowest BCUT2D eigenvalue weighted by atomic mass is 10.1. The molecule has 3 rings (SSSR count). The molecule has 2 aliphatic rings. The van der Waals surface area contributed by atoms with Gasteiger partial charge in [0.05, 0.1) is 12.5 Å². The van der Waals surface area contributed by atoms with E-state index < -0.39 is 0 Å². The summed E-state index contributed by atoms with van der Waals surface area (Å²) in [6.07, 6.45) is 0.240. The quantitative estimate of drug-likeness (QED) is 0.859. The highest BCUT2D eigenvalue weighted by Gasteiger charge is 2.31. The van der Waals surface area contributed by atoms with E-state index in [-0.39, 0.29) is 24.3 Å². The first-order chi connectivity index (χ1) is 12.0. The van der Waals surface area contributed by atoms with Gasteiger partial charge in [-0.25, -0.2) is 0 Å². The zero-order valence-electron chi connectivity index (χ0n) is 15.4. The number of piperazine rings is 1. The first kappa shape index (κ1) is 17.9. The van der Waals surface area contributed by atoms with Crippen LogP contribution in [-0.4, -0.2) is 66.3 Å². The number of amides is 2. The number of nitrogens with zero attached hydrogens (tertiary/aromatic N) is 3. The fourth-order valence-corrected chi connectivity index (χ4v) is 3.76.